The lowest BCUT2D eigenvalue weighted by Crippen LogP contribution is -2.55. The second-order valence-corrected chi connectivity index (χ2v) is 4.17. The number of urea groups is 1. The Hall–Kier alpha value is -1.34. The Balaban J connectivity index is 2.53. The number of carboxylic acid groups (broad SMARTS) is 1. The van der Waals surface area contributed by atoms with Crippen LogP contribution in [-0.4, -0.2) is 65.1 Å². The zero-order valence-corrected chi connectivity index (χ0v) is 9.92. The Morgan fingerprint density at radius 1 is 1.53 bits per heavy atom. The molecular weight excluding hydrogens is 228 g/mol. The van der Waals surface area contributed by atoms with Crippen molar-refractivity contribution in [2.75, 3.05) is 19.7 Å². The van der Waals surface area contributed by atoms with E-state index in [1.165, 1.54) is 11.8 Å². The van der Waals surface area contributed by atoms with Crippen LogP contribution < -0.4 is 5.32 Å². The van der Waals surface area contributed by atoms with E-state index in [9.17, 15) is 9.59 Å². The normalized spacial score (nSPS) is 26.4. The number of carboxylic acids is 1. The molecule has 0 radical (unpaired) electrons. The Labute approximate surface area is 99.4 Å². The molecule has 0 aromatic carbocycles. The number of aliphatic carboxylic acids is 1. The van der Waals surface area contributed by atoms with Crippen molar-refractivity contribution in [3.8, 4) is 0 Å². The van der Waals surface area contributed by atoms with Crippen LogP contribution in [0.3, 0.4) is 0 Å². The molecule has 3 atom stereocenters. The van der Waals surface area contributed by atoms with E-state index >= 15 is 0 Å². The van der Waals surface area contributed by atoms with Crippen molar-refractivity contribution in [1.82, 2.24) is 10.2 Å². The maximum Gasteiger partial charge on any atom is 0.325 e. The first-order valence-electron chi connectivity index (χ1n) is 5.48. The molecule has 17 heavy (non-hydrogen) atoms. The number of carbonyl (C=O) groups is 2. The maximum absolute atomic E-state index is 11.7. The number of rotatable bonds is 3. The first-order chi connectivity index (χ1) is 7.93. The van der Waals surface area contributed by atoms with Crippen molar-refractivity contribution in [2.24, 2.45) is 0 Å². The van der Waals surface area contributed by atoms with E-state index < -0.39 is 24.1 Å². The third kappa shape index (κ3) is 3.86. The summed E-state index contributed by atoms with van der Waals surface area (Å²) in [6, 6.07) is -1.39. The number of carbonyl (C=O) groups excluding carboxylic acids is 1. The zero-order chi connectivity index (χ0) is 13.0. The molecule has 7 heteroatoms. The molecule has 1 rings (SSSR count). The average molecular weight is 246 g/mol. The molecule has 0 aromatic heterocycles. The van der Waals surface area contributed by atoms with E-state index in [4.69, 9.17) is 14.9 Å². The lowest BCUT2D eigenvalue weighted by atomic mass is 10.2. The van der Waals surface area contributed by atoms with E-state index in [1.54, 1.807) is 6.92 Å². The number of amides is 2. The van der Waals surface area contributed by atoms with Gasteiger partial charge in [0.05, 0.1) is 25.4 Å². The average Bonchev–Trinajstić information content (AvgIpc) is 2.27. The molecule has 0 aromatic rings. The lowest BCUT2D eigenvalue weighted by molar-refractivity contribution is -0.138. The highest BCUT2D eigenvalue weighted by Gasteiger charge is 2.29. The maximum atomic E-state index is 11.7. The number of morpholine rings is 1. The minimum atomic E-state index is -1.08. The van der Waals surface area contributed by atoms with Gasteiger partial charge < -0.3 is 25.2 Å². The highest BCUT2D eigenvalue weighted by molar-refractivity contribution is 5.82. The molecule has 98 valence electrons. The van der Waals surface area contributed by atoms with Gasteiger partial charge in [0, 0.05) is 6.54 Å². The van der Waals surface area contributed by atoms with Gasteiger partial charge in [-0.15, -0.1) is 0 Å². The number of hydrogen-bond donors (Lipinski definition) is 3. The molecule has 0 aliphatic carbocycles. The van der Waals surface area contributed by atoms with E-state index in [0.717, 1.165) is 0 Å². The van der Waals surface area contributed by atoms with Crippen molar-refractivity contribution in [3.05, 3.63) is 0 Å². The second-order valence-electron chi connectivity index (χ2n) is 4.17. The van der Waals surface area contributed by atoms with Crippen LogP contribution in [0, 0.1) is 0 Å². The van der Waals surface area contributed by atoms with Crippen molar-refractivity contribution >= 4 is 12.0 Å². The Bertz CT molecular complexity index is 296. The highest BCUT2D eigenvalue weighted by Crippen LogP contribution is 2.10. The van der Waals surface area contributed by atoms with Gasteiger partial charge in [-0.1, -0.05) is 0 Å². The number of nitrogens with zero attached hydrogens (tertiary/aromatic N) is 1. The van der Waals surface area contributed by atoms with Crippen LogP contribution in [0.5, 0.6) is 0 Å². The summed E-state index contributed by atoms with van der Waals surface area (Å²) in [6.07, 6.45) is -0.587. The van der Waals surface area contributed by atoms with Crippen LogP contribution in [0.1, 0.15) is 13.8 Å². The molecule has 0 saturated carbocycles. The van der Waals surface area contributed by atoms with Gasteiger partial charge in [-0.05, 0) is 13.8 Å². The van der Waals surface area contributed by atoms with Gasteiger partial charge in [-0.2, -0.15) is 0 Å². The van der Waals surface area contributed by atoms with Crippen LogP contribution in [0.15, 0.2) is 0 Å². The minimum absolute atomic E-state index is 0.164. The largest absolute Gasteiger partial charge is 0.480 e. The number of aliphatic hydroxyl groups excluding tert-OH is 1. The van der Waals surface area contributed by atoms with E-state index in [0.29, 0.717) is 6.54 Å². The summed E-state index contributed by atoms with van der Waals surface area (Å²) in [5, 5.41) is 20.0. The fraction of sp³-hybridized carbons (Fsp3) is 0.800. The molecule has 0 spiro atoms. The fourth-order valence-corrected chi connectivity index (χ4v) is 1.65. The molecule has 1 aliphatic heterocycles. The fourth-order valence-electron chi connectivity index (χ4n) is 1.65. The van der Waals surface area contributed by atoms with Gasteiger partial charge in [0.1, 0.15) is 6.04 Å². The molecule has 7 nitrogen and oxygen atoms in total. The second kappa shape index (κ2) is 5.83. The first kappa shape index (κ1) is 13.7. The number of aliphatic hydroxyl groups is 1. The summed E-state index contributed by atoms with van der Waals surface area (Å²) in [5.74, 6) is -1.08. The van der Waals surface area contributed by atoms with Crippen molar-refractivity contribution < 1.29 is 24.5 Å². The van der Waals surface area contributed by atoms with Crippen molar-refractivity contribution in [1.29, 1.82) is 0 Å². The predicted molar refractivity (Wildman–Crippen MR) is 58.6 cm³/mol. The zero-order valence-electron chi connectivity index (χ0n) is 9.92. The molecule has 2 unspecified atom stereocenters. The number of hydrogen-bond acceptors (Lipinski definition) is 4. The third-order valence-corrected chi connectivity index (χ3v) is 2.53. The monoisotopic (exact) mass is 246 g/mol. The summed E-state index contributed by atoms with van der Waals surface area (Å²) in [6.45, 7) is 3.67. The van der Waals surface area contributed by atoms with Gasteiger partial charge in [0.2, 0.25) is 0 Å². The summed E-state index contributed by atoms with van der Waals surface area (Å²) < 4.78 is 5.38. The van der Waals surface area contributed by atoms with Crippen LogP contribution in [-0.2, 0) is 9.53 Å². The predicted octanol–water partition coefficient (Wildman–Crippen LogP) is -0.749. The molecule has 1 heterocycles. The molecule has 0 bridgehead atoms. The number of nitrogens with one attached hydrogen (secondary N) is 1. The molecule has 2 amide bonds. The summed E-state index contributed by atoms with van der Waals surface area (Å²) in [4.78, 5) is 23.8. The van der Waals surface area contributed by atoms with Crippen LogP contribution in [0.4, 0.5) is 4.79 Å². The van der Waals surface area contributed by atoms with E-state index in [-0.39, 0.29) is 19.3 Å². The van der Waals surface area contributed by atoms with Gasteiger partial charge in [0.25, 0.3) is 0 Å². The van der Waals surface area contributed by atoms with Gasteiger partial charge in [-0.3, -0.25) is 4.79 Å². The van der Waals surface area contributed by atoms with Crippen LogP contribution in [0.2, 0.25) is 0 Å². The van der Waals surface area contributed by atoms with Crippen LogP contribution in [0.25, 0.3) is 0 Å². The molecule has 1 aliphatic rings. The highest BCUT2D eigenvalue weighted by atomic mass is 16.5. The molecule has 1 saturated heterocycles. The lowest BCUT2D eigenvalue weighted by Gasteiger charge is -2.36. The molecular formula is C10H18N2O5. The first-order valence-corrected chi connectivity index (χ1v) is 5.48. The molecule has 1 fully saturated rings. The van der Waals surface area contributed by atoms with Gasteiger partial charge in [0.15, 0.2) is 0 Å². The SMILES string of the molecule is CC1CN(C(=O)N[C@@H](C)C(=O)O)CC(CO)O1. The summed E-state index contributed by atoms with van der Waals surface area (Å²) in [7, 11) is 0. The minimum Gasteiger partial charge on any atom is -0.480 e. The standard InChI is InChI=1S/C10H18N2O5/c1-6-3-12(4-8(5-13)17-6)10(16)11-7(2)9(14)15/h6-8,13H,3-5H2,1-2H3,(H,11,16)(H,14,15)/t6?,7-,8?/m0/s1. The Morgan fingerprint density at radius 2 is 2.18 bits per heavy atom. The van der Waals surface area contributed by atoms with Crippen molar-refractivity contribution in [2.45, 2.75) is 32.1 Å². The summed E-state index contributed by atoms with van der Waals surface area (Å²) in [5.41, 5.74) is 0. The third-order valence-electron chi connectivity index (χ3n) is 2.53. The van der Waals surface area contributed by atoms with E-state index in [1.807, 2.05) is 0 Å². The topological polar surface area (TPSA) is 99.1 Å². The Morgan fingerprint density at radius 3 is 2.71 bits per heavy atom. The molecule has 3 N–H and O–H groups in total. The van der Waals surface area contributed by atoms with E-state index in [2.05, 4.69) is 5.32 Å². The quantitative estimate of drug-likeness (QED) is 0.608. The summed E-state index contributed by atoms with van der Waals surface area (Å²) >= 11 is 0. The van der Waals surface area contributed by atoms with Crippen molar-refractivity contribution in [3.63, 3.8) is 0 Å². The van der Waals surface area contributed by atoms with Gasteiger partial charge in [-0.25, -0.2) is 4.79 Å². The Kier molecular flexibility index (Phi) is 4.71. The van der Waals surface area contributed by atoms with Crippen LogP contribution >= 0.6 is 0 Å². The number of ether oxygens (including phenoxy) is 1. The smallest absolute Gasteiger partial charge is 0.325 e. The van der Waals surface area contributed by atoms with Gasteiger partial charge >= 0.3 is 12.0 Å².